The minimum atomic E-state index is -3.73. The van der Waals surface area contributed by atoms with Crippen LogP contribution >= 0.6 is 0 Å². The summed E-state index contributed by atoms with van der Waals surface area (Å²) in [5.74, 6) is -0.186. The highest BCUT2D eigenvalue weighted by Crippen LogP contribution is 2.28. The monoisotopic (exact) mass is 466 g/mol. The molecule has 8 heteroatoms. The van der Waals surface area contributed by atoms with E-state index in [0.717, 1.165) is 28.2 Å². The Morgan fingerprint density at radius 1 is 1.06 bits per heavy atom. The van der Waals surface area contributed by atoms with Gasteiger partial charge in [-0.05, 0) is 57.9 Å². The number of likely N-dealkylation sites (N-methyl/N-ethyl adjacent to an activating group) is 1. The number of nitrogens with zero attached hydrogens (tertiary/aromatic N) is 4. The molecule has 0 radical (unpaired) electrons. The molecule has 1 amide bonds. The number of para-hydroxylation sites is 1. The topological polar surface area (TPSA) is 75.5 Å². The number of carbonyl (C=O) groups excluding carboxylic acids is 1. The number of benzene rings is 2. The first kappa shape index (κ1) is 23.2. The van der Waals surface area contributed by atoms with Crippen LogP contribution in [0.2, 0.25) is 0 Å². The first-order chi connectivity index (χ1) is 15.7. The lowest BCUT2D eigenvalue weighted by Crippen LogP contribution is -2.46. The molecule has 3 aromatic rings. The SMILES string of the molecule is Cc1ccc(S(=O)(=O)N2CCCC2C(=O)N(C)Cc2c(C)nn(-c3ccccc3)c2C)cc1. The lowest BCUT2D eigenvalue weighted by molar-refractivity contribution is -0.133. The molecule has 1 aromatic heterocycles. The maximum Gasteiger partial charge on any atom is 0.243 e. The molecule has 0 spiro atoms. The number of aryl methyl sites for hydroxylation is 2. The van der Waals surface area contributed by atoms with Crippen LogP contribution in [0.3, 0.4) is 0 Å². The highest BCUT2D eigenvalue weighted by Gasteiger charge is 2.40. The molecule has 1 saturated heterocycles. The number of hydrogen-bond acceptors (Lipinski definition) is 4. The van der Waals surface area contributed by atoms with Crippen molar-refractivity contribution < 1.29 is 13.2 Å². The number of sulfonamides is 1. The molecule has 1 unspecified atom stereocenters. The van der Waals surface area contributed by atoms with E-state index in [1.807, 2.05) is 55.8 Å². The van der Waals surface area contributed by atoms with Crippen molar-refractivity contribution in [1.29, 1.82) is 0 Å². The third-order valence-corrected chi connectivity index (χ3v) is 8.25. The van der Waals surface area contributed by atoms with Crippen LogP contribution < -0.4 is 0 Å². The van der Waals surface area contributed by atoms with E-state index in [2.05, 4.69) is 5.10 Å². The summed E-state index contributed by atoms with van der Waals surface area (Å²) in [6, 6.07) is 16.0. The predicted molar refractivity (Wildman–Crippen MR) is 128 cm³/mol. The quantitative estimate of drug-likeness (QED) is 0.556. The molecule has 0 N–H and O–H groups in total. The van der Waals surface area contributed by atoms with Gasteiger partial charge in [0.15, 0.2) is 0 Å². The number of amides is 1. The highest BCUT2D eigenvalue weighted by molar-refractivity contribution is 7.89. The molecule has 0 saturated carbocycles. The first-order valence-corrected chi connectivity index (χ1v) is 12.6. The molecule has 2 heterocycles. The van der Waals surface area contributed by atoms with Gasteiger partial charge in [0, 0.05) is 31.4 Å². The normalized spacial score (nSPS) is 16.8. The largest absolute Gasteiger partial charge is 0.340 e. The van der Waals surface area contributed by atoms with E-state index in [-0.39, 0.29) is 10.8 Å². The van der Waals surface area contributed by atoms with Crippen LogP contribution in [0.4, 0.5) is 0 Å². The summed E-state index contributed by atoms with van der Waals surface area (Å²) in [4.78, 5) is 15.2. The number of aromatic nitrogens is 2. The van der Waals surface area contributed by atoms with E-state index in [9.17, 15) is 13.2 Å². The van der Waals surface area contributed by atoms with Crippen LogP contribution in [0.5, 0.6) is 0 Å². The maximum atomic E-state index is 13.4. The molecule has 2 aromatic carbocycles. The van der Waals surface area contributed by atoms with Crippen molar-refractivity contribution in [2.45, 2.75) is 51.1 Å². The van der Waals surface area contributed by atoms with Gasteiger partial charge in [0.1, 0.15) is 6.04 Å². The van der Waals surface area contributed by atoms with Crippen LogP contribution in [0.1, 0.15) is 35.4 Å². The van der Waals surface area contributed by atoms with Crippen LogP contribution in [0, 0.1) is 20.8 Å². The van der Waals surface area contributed by atoms with E-state index in [1.54, 1.807) is 36.2 Å². The van der Waals surface area contributed by atoms with Gasteiger partial charge in [0.25, 0.3) is 0 Å². The highest BCUT2D eigenvalue weighted by atomic mass is 32.2. The van der Waals surface area contributed by atoms with E-state index >= 15 is 0 Å². The summed E-state index contributed by atoms with van der Waals surface area (Å²) in [7, 11) is -2.00. The summed E-state index contributed by atoms with van der Waals surface area (Å²) in [5.41, 5.74) is 4.75. The number of hydrogen-bond donors (Lipinski definition) is 0. The molecule has 174 valence electrons. The Balaban J connectivity index is 1.55. The van der Waals surface area contributed by atoms with E-state index in [1.165, 1.54) is 4.31 Å². The molecule has 1 fully saturated rings. The van der Waals surface area contributed by atoms with Gasteiger partial charge in [-0.25, -0.2) is 13.1 Å². The third-order valence-electron chi connectivity index (χ3n) is 6.33. The molecular weight excluding hydrogens is 436 g/mol. The second-order valence-corrected chi connectivity index (χ2v) is 10.6. The fourth-order valence-corrected chi connectivity index (χ4v) is 6.07. The van der Waals surface area contributed by atoms with Crippen molar-refractivity contribution >= 4 is 15.9 Å². The fraction of sp³-hybridized carbons (Fsp3) is 0.360. The molecule has 1 atom stereocenters. The van der Waals surface area contributed by atoms with Crippen molar-refractivity contribution in [3.05, 3.63) is 77.1 Å². The number of carbonyl (C=O) groups is 1. The zero-order valence-corrected chi connectivity index (χ0v) is 20.3. The van der Waals surface area contributed by atoms with E-state index < -0.39 is 16.1 Å². The Bertz CT molecular complexity index is 1250. The summed E-state index contributed by atoms with van der Waals surface area (Å²) < 4.78 is 29.7. The van der Waals surface area contributed by atoms with Gasteiger partial charge in [-0.15, -0.1) is 0 Å². The van der Waals surface area contributed by atoms with Gasteiger partial charge in [0.2, 0.25) is 15.9 Å². The standard InChI is InChI=1S/C25H30N4O3S/c1-18-12-14-22(15-13-18)33(31,32)28-16-8-11-24(28)25(30)27(4)17-23-19(2)26-29(20(23)3)21-9-6-5-7-10-21/h5-7,9-10,12-15,24H,8,11,16-17H2,1-4H3. The van der Waals surface area contributed by atoms with Crippen molar-refractivity contribution in [2.75, 3.05) is 13.6 Å². The molecular formula is C25H30N4O3S. The second-order valence-electron chi connectivity index (χ2n) is 8.68. The lowest BCUT2D eigenvalue weighted by atomic mass is 10.1. The van der Waals surface area contributed by atoms with E-state index in [0.29, 0.717) is 25.9 Å². The Morgan fingerprint density at radius 2 is 1.73 bits per heavy atom. The molecule has 0 bridgehead atoms. The minimum Gasteiger partial charge on any atom is -0.340 e. The maximum absolute atomic E-state index is 13.4. The minimum absolute atomic E-state index is 0.186. The van der Waals surface area contributed by atoms with Crippen LogP contribution in [0.25, 0.3) is 5.69 Å². The first-order valence-electron chi connectivity index (χ1n) is 11.1. The molecule has 1 aliphatic rings. The molecule has 4 rings (SSSR count). The smallest absolute Gasteiger partial charge is 0.243 e. The van der Waals surface area contributed by atoms with Gasteiger partial charge in [-0.3, -0.25) is 4.79 Å². The van der Waals surface area contributed by atoms with Crippen molar-refractivity contribution in [1.82, 2.24) is 19.0 Å². The number of rotatable bonds is 6. The van der Waals surface area contributed by atoms with Crippen LogP contribution in [0.15, 0.2) is 59.5 Å². The lowest BCUT2D eigenvalue weighted by Gasteiger charge is -2.27. The Kier molecular flexibility index (Phi) is 6.41. The molecule has 0 aliphatic carbocycles. The Labute approximate surface area is 195 Å². The summed E-state index contributed by atoms with van der Waals surface area (Å²) in [6.45, 7) is 6.56. The second kappa shape index (κ2) is 9.11. The van der Waals surface area contributed by atoms with Gasteiger partial charge in [0.05, 0.1) is 16.3 Å². The van der Waals surface area contributed by atoms with Crippen molar-refractivity contribution in [3.63, 3.8) is 0 Å². The predicted octanol–water partition coefficient (Wildman–Crippen LogP) is 3.61. The zero-order valence-electron chi connectivity index (χ0n) is 19.5. The van der Waals surface area contributed by atoms with Crippen LogP contribution in [-0.2, 0) is 21.4 Å². The Hall–Kier alpha value is -2.97. The molecule has 1 aliphatic heterocycles. The summed E-state index contributed by atoms with van der Waals surface area (Å²) in [5, 5.41) is 4.66. The third kappa shape index (κ3) is 4.45. The van der Waals surface area contributed by atoms with Gasteiger partial charge < -0.3 is 4.90 Å². The summed E-state index contributed by atoms with van der Waals surface area (Å²) >= 11 is 0. The average Bonchev–Trinajstić information content (AvgIpc) is 3.41. The molecule has 7 nitrogen and oxygen atoms in total. The van der Waals surface area contributed by atoms with Gasteiger partial charge in [-0.2, -0.15) is 9.40 Å². The Morgan fingerprint density at radius 3 is 2.39 bits per heavy atom. The van der Waals surface area contributed by atoms with Crippen molar-refractivity contribution in [2.24, 2.45) is 0 Å². The average molecular weight is 467 g/mol. The molecule has 33 heavy (non-hydrogen) atoms. The van der Waals surface area contributed by atoms with Gasteiger partial charge >= 0.3 is 0 Å². The van der Waals surface area contributed by atoms with Crippen LogP contribution in [-0.4, -0.2) is 52.9 Å². The fourth-order valence-electron chi connectivity index (χ4n) is 4.41. The summed E-state index contributed by atoms with van der Waals surface area (Å²) in [6.07, 6.45) is 1.19. The van der Waals surface area contributed by atoms with Gasteiger partial charge in [-0.1, -0.05) is 35.9 Å². The zero-order chi connectivity index (χ0) is 23.8. The van der Waals surface area contributed by atoms with E-state index in [4.69, 9.17) is 0 Å². The van der Waals surface area contributed by atoms with Crippen molar-refractivity contribution in [3.8, 4) is 5.69 Å².